The van der Waals surface area contributed by atoms with E-state index in [0.717, 1.165) is 11.1 Å². The van der Waals surface area contributed by atoms with Crippen molar-refractivity contribution in [1.82, 2.24) is 0 Å². The minimum atomic E-state index is 0.645. The highest BCUT2D eigenvalue weighted by atomic mass is 16.5. The van der Waals surface area contributed by atoms with Crippen molar-refractivity contribution in [2.24, 2.45) is 0 Å². The fourth-order valence-corrected chi connectivity index (χ4v) is 2.24. The van der Waals surface area contributed by atoms with Gasteiger partial charge in [-0.15, -0.1) is 0 Å². The standard InChI is InChI=1S/C17H20O5/c1-18-12-6-11(7-13(8-12)19-2)17-15(21-4)9-14(20-3)10-16(17)22-5/h6-10H,1-5H3. The van der Waals surface area contributed by atoms with Gasteiger partial charge in [0.2, 0.25) is 0 Å². The Labute approximate surface area is 130 Å². The van der Waals surface area contributed by atoms with E-state index in [1.807, 2.05) is 30.3 Å². The molecule has 0 aliphatic heterocycles. The van der Waals surface area contributed by atoms with E-state index in [1.54, 1.807) is 35.5 Å². The van der Waals surface area contributed by atoms with E-state index in [1.165, 1.54) is 0 Å². The van der Waals surface area contributed by atoms with E-state index in [9.17, 15) is 0 Å². The van der Waals surface area contributed by atoms with Gasteiger partial charge in [-0.2, -0.15) is 0 Å². The second-order valence-corrected chi connectivity index (χ2v) is 4.51. The number of ether oxygens (including phenoxy) is 5. The van der Waals surface area contributed by atoms with Gasteiger partial charge in [-0.05, 0) is 17.7 Å². The molecule has 0 aliphatic carbocycles. The van der Waals surface area contributed by atoms with Crippen LogP contribution in [0.3, 0.4) is 0 Å². The molecule has 0 bridgehead atoms. The summed E-state index contributed by atoms with van der Waals surface area (Å²) in [5.74, 6) is 3.33. The van der Waals surface area contributed by atoms with Crippen molar-refractivity contribution in [2.75, 3.05) is 35.5 Å². The van der Waals surface area contributed by atoms with Gasteiger partial charge in [0, 0.05) is 18.2 Å². The third kappa shape index (κ3) is 3.03. The minimum Gasteiger partial charge on any atom is -0.497 e. The first-order valence-corrected chi connectivity index (χ1v) is 6.70. The first kappa shape index (κ1) is 15.8. The molecule has 0 N–H and O–H groups in total. The van der Waals surface area contributed by atoms with Crippen molar-refractivity contribution in [2.45, 2.75) is 0 Å². The monoisotopic (exact) mass is 304 g/mol. The summed E-state index contributed by atoms with van der Waals surface area (Å²) < 4.78 is 26.9. The molecule has 0 amide bonds. The Hall–Kier alpha value is -2.56. The molecular weight excluding hydrogens is 284 g/mol. The Bertz CT molecular complexity index is 604. The van der Waals surface area contributed by atoms with Gasteiger partial charge >= 0.3 is 0 Å². The van der Waals surface area contributed by atoms with Crippen molar-refractivity contribution in [3.63, 3.8) is 0 Å². The molecule has 2 aromatic carbocycles. The SMILES string of the molecule is COc1cc(OC)cc(-c2c(OC)cc(OC)cc2OC)c1. The predicted octanol–water partition coefficient (Wildman–Crippen LogP) is 3.40. The van der Waals surface area contributed by atoms with Crippen LogP contribution < -0.4 is 23.7 Å². The summed E-state index contributed by atoms with van der Waals surface area (Å²) >= 11 is 0. The topological polar surface area (TPSA) is 46.2 Å². The fourth-order valence-electron chi connectivity index (χ4n) is 2.24. The number of benzene rings is 2. The quantitative estimate of drug-likeness (QED) is 0.818. The molecule has 2 aromatic rings. The molecule has 22 heavy (non-hydrogen) atoms. The third-order valence-corrected chi connectivity index (χ3v) is 3.36. The second-order valence-electron chi connectivity index (χ2n) is 4.51. The first-order valence-electron chi connectivity index (χ1n) is 6.70. The molecule has 0 radical (unpaired) electrons. The van der Waals surface area contributed by atoms with Gasteiger partial charge in [0.25, 0.3) is 0 Å². The lowest BCUT2D eigenvalue weighted by atomic mass is 10.0. The lowest BCUT2D eigenvalue weighted by Gasteiger charge is -2.16. The smallest absolute Gasteiger partial charge is 0.134 e. The summed E-state index contributed by atoms with van der Waals surface area (Å²) in [5, 5.41) is 0. The van der Waals surface area contributed by atoms with Crippen LogP contribution in [-0.2, 0) is 0 Å². The molecule has 0 spiro atoms. The number of methoxy groups -OCH3 is 5. The predicted molar refractivity (Wildman–Crippen MR) is 84.6 cm³/mol. The number of rotatable bonds is 6. The van der Waals surface area contributed by atoms with E-state index in [4.69, 9.17) is 23.7 Å². The lowest BCUT2D eigenvalue weighted by molar-refractivity contribution is 0.377. The maximum Gasteiger partial charge on any atom is 0.134 e. The molecule has 0 fully saturated rings. The molecule has 118 valence electrons. The normalized spacial score (nSPS) is 10.0. The van der Waals surface area contributed by atoms with E-state index >= 15 is 0 Å². The highest BCUT2D eigenvalue weighted by Crippen LogP contribution is 2.43. The Morgan fingerprint density at radius 3 is 1.27 bits per heavy atom. The van der Waals surface area contributed by atoms with Crippen LogP contribution in [0.5, 0.6) is 28.7 Å². The number of hydrogen-bond donors (Lipinski definition) is 0. The molecule has 5 nitrogen and oxygen atoms in total. The lowest BCUT2D eigenvalue weighted by Crippen LogP contribution is -1.96. The summed E-state index contributed by atoms with van der Waals surface area (Å²) in [7, 11) is 8.04. The van der Waals surface area contributed by atoms with Crippen LogP contribution >= 0.6 is 0 Å². The molecular formula is C17H20O5. The average Bonchev–Trinajstić information content (AvgIpc) is 2.59. The Morgan fingerprint density at radius 2 is 0.909 bits per heavy atom. The molecule has 0 atom stereocenters. The van der Waals surface area contributed by atoms with Crippen LogP contribution in [0.25, 0.3) is 11.1 Å². The average molecular weight is 304 g/mol. The highest BCUT2D eigenvalue weighted by molar-refractivity contribution is 5.80. The molecule has 0 heterocycles. The highest BCUT2D eigenvalue weighted by Gasteiger charge is 2.17. The van der Waals surface area contributed by atoms with Crippen LogP contribution in [0.1, 0.15) is 0 Å². The Morgan fingerprint density at radius 1 is 0.500 bits per heavy atom. The van der Waals surface area contributed by atoms with Crippen LogP contribution in [0, 0.1) is 0 Å². The zero-order valence-corrected chi connectivity index (χ0v) is 13.4. The molecule has 0 saturated heterocycles. The fraction of sp³-hybridized carbons (Fsp3) is 0.294. The van der Waals surface area contributed by atoms with Crippen molar-refractivity contribution in [3.05, 3.63) is 30.3 Å². The molecule has 5 heteroatoms. The largest absolute Gasteiger partial charge is 0.497 e. The summed E-state index contributed by atoms with van der Waals surface area (Å²) in [5.41, 5.74) is 1.68. The van der Waals surface area contributed by atoms with Gasteiger partial charge < -0.3 is 23.7 Å². The van der Waals surface area contributed by atoms with Crippen LogP contribution in [0.2, 0.25) is 0 Å². The van der Waals surface area contributed by atoms with Gasteiger partial charge in [-0.1, -0.05) is 0 Å². The maximum absolute atomic E-state index is 5.49. The van der Waals surface area contributed by atoms with E-state index in [0.29, 0.717) is 28.7 Å². The Kier molecular flexibility index (Phi) is 4.99. The van der Waals surface area contributed by atoms with Gasteiger partial charge in [0.1, 0.15) is 28.7 Å². The first-order chi connectivity index (χ1) is 10.7. The zero-order chi connectivity index (χ0) is 16.1. The molecule has 2 rings (SSSR count). The Balaban J connectivity index is 2.69. The van der Waals surface area contributed by atoms with Crippen LogP contribution in [0.15, 0.2) is 30.3 Å². The molecule has 0 saturated carbocycles. The minimum absolute atomic E-state index is 0.645. The molecule has 0 unspecified atom stereocenters. The van der Waals surface area contributed by atoms with Gasteiger partial charge in [-0.25, -0.2) is 0 Å². The van der Waals surface area contributed by atoms with Crippen molar-refractivity contribution in [3.8, 4) is 39.9 Å². The van der Waals surface area contributed by atoms with Gasteiger partial charge in [0.05, 0.1) is 41.1 Å². The van der Waals surface area contributed by atoms with E-state index in [2.05, 4.69) is 0 Å². The van der Waals surface area contributed by atoms with E-state index < -0.39 is 0 Å². The third-order valence-electron chi connectivity index (χ3n) is 3.36. The maximum atomic E-state index is 5.49. The van der Waals surface area contributed by atoms with Crippen molar-refractivity contribution < 1.29 is 23.7 Å². The summed E-state index contributed by atoms with van der Waals surface area (Å²) in [4.78, 5) is 0. The summed E-state index contributed by atoms with van der Waals surface area (Å²) in [6, 6.07) is 9.23. The summed E-state index contributed by atoms with van der Waals surface area (Å²) in [6.45, 7) is 0. The van der Waals surface area contributed by atoms with Crippen LogP contribution in [-0.4, -0.2) is 35.5 Å². The summed E-state index contributed by atoms with van der Waals surface area (Å²) in [6.07, 6.45) is 0. The van der Waals surface area contributed by atoms with E-state index in [-0.39, 0.29) is 0 Å². The van der Waals surface area contributed by atoms with Gasteiger partial charge in [0.15, 0.2) is 0 Å². The van der Waals surface area contributed by atoms with Crippen LogP contribution in [0.4, 0.5) is 0 Å². The second kappa shape index (κ2) is 6.93. The number of hydrogen-bond acceptors (Lipinski definition) is 5. The van der Waals surface area contributed by atoms with Crippen molar-refractivity contribution >= 4 is 0 Å². The molecule has 0 aliphatic rings. The zero-order valence-electron chi connectivity index (χ0n) is 13.4. The van der Waals surface area contributed by atoms with Crippen molar-refractivity contribution in [1.29, 1.82) is 0 Å². The molecule has 0 aromatic heterocycles. The van der Waals surface area contributed by atoms with Gasteiger partial charge in [-0.3, -0.25) is 0 Å².